The van der Waals surface area contributed by atoms with Gasteiger partial charge in [-0.25, -0.2) is 12.7 Å². The van der Waals surface area contributed by atoms with Crippen LogP contribution in [-0.4, -0.2) is 49.6 Å². The molecular formula is C16H21F3N2O2S. The van der Waals surface area contributed by atoms with Gasteiger partial charge in [0.2, 0.25) is 10.0 Å². The summed E-state index contributed by atoms with van der Waals surface area (Å²) in [6, 6.07) is 5.26. The fourth-order valence-corrected chi connectivity index (χ4v) is 4.85. The first kappa shape index (κ1) is 17.7. The fourth-order valence-electron chi connectivity index (χ4n) is 3.64. The molecule has 2 atom stereocenters. The molecule has 1 aromatic carbocycles. The van der Waals surface area contributed by atoms with Gasteiger partial charge in [0.25, 0.3) is 0 Å². The Morgan fingerprint density at radius 3 is 2.04 bits per heavy atom. The zero-order chi connectivity index (χ0) is 17.5. The Kier molecular flexibility index (Phi) is 4.65. The second-order valence-electron chi connectivity index (χ2n) is 6.63. The van der Waals surface area contributed by atoms with E-state index >= 15 is 0 Å². The molecule has 0 bridgehead atoms. The van der Waals surface area contributed by atoms with Crippen molar-refractivity contribution in [2.45, 2.75) is 19.6 Å². The highest BCUT2D eigenvalue weighted by Gasteiger charge is 2.43. The third-order valence-corrected chi connectivity index (χ3v) is 6.79. The molecule has 0 saturated carbocycles. The number of likely N-dealkylation sites (tertiary alicyclic amines) is 1. The van der Waals surface area contributed by atoms with E-state index < -0.39 is 21.8 Å². The summed E-state index contributed by atoms with van der Waals surface area (Å²) in [5.41, 5.74) is 0.214. The molecule has 8 heteroatoms. The smallest absolute Gasteiger partial charge is 0.298 e. The molecule has 3 rings (SSSR count). The van der Waals surface area contributed by atoms with E-state index in [1.165, 1.54) is 12.1 Å². The molecule has 2 heterocycles. The summed E-state index contributed by atoms with van der Waals surface area (Å²) < 4.78 is 63.2. The lowest BCUT2D eigenvalue weighted by Gasteiger charge is -2.21. The summed E-state index contributed by atoms with van der Waals surface area (Å²) in [6.45, 7) is 4.96. The largest absolute Gasteiger partial charge is 0.416 e. The second kappa shape index (κ2) is 6.31. The Morgan fingerprint density at radius 2 is 1.58 bits per heavy atom. The summed E-state index contributed by atoms with van der Waals surface area (Å²) >= 11 is 0. The van der Waals surface area contributed by atoms with Crippen molar-refractivity contribution in [1.82, 2.24) is 9.21 Å². The summed E-state index contributed by atoms with van der Waals surface area (Å²) in [5, 5.41) is 0. The van der Waals surface area contributed by atoms with Crippen LogP contribution in [0.3, 0.4) is 0 Å². The molecule has 2 fully saturated rings. The minimum atomic E-state index is -4.31. The topological polar surface area (TPSA) is 40.6 Å². The number of benzene rings is 1. The van der Waals surface area contributed by atoms with E-state index in [4.69, 9.17) is 0 Å². The van der Waals surface area contributed by atoms with E-state index in [9.17, 15) is 21.6 Å². The Morgan fingerprint density at radius 1 is 1.04 bits per heavy atom. The number of hydrogen-bond acceptors (Lipinski definition) is 3. The van der Waals surface area contributed by atoms with Gasteiger partial charge in [0.1, 0.15) is 0 Å². The number of nitrogens with zero attached hydrogens (tertiary/aromatic N) is 2. The van der Waals surface area contributed by atoms with E-state index in [0.29, 0.717) is 31.5 Å². The first-order chi connectivity index (χ1) is 11.2. The van der Waals surface area contributed by atoms with Crippen LogP contribution in [0.1, 0.15) is 18.1 Å². The van der Waals surface area contributed by atoms with E-state index in [0.717, 1.165) is 30.8 Å². The standard InChI is InChI=1S/C16H21F3N2O2S/c1-2-24(22,23)21-10-13-8-20(9-14(13)11-21)7-12-3-5-15(6-4-12)16(17,18)19/h3-6,13-14H,2,7-11H2,1H3/t13-,14+. The van der Waals surface area contributed by atoms with Gasteiger partial charge in [-0.1, -0.05) is 12.1 Å². The average Bonchev–Trinajstić information content (AvgIpc) is 3.05. The fraction of sp³-hybridized carbons (Fsp3) is 0.625. The molecule has 0 unspecified atom stereocenters. The van der Waals surface area contributed by atoms with Crippen LogP contribution in [-0.2, 0) is 22.7 Å². The van der Waals surface area contributed by atoms with Crippen LogP contribution in [0, 0.1) is 11.8 Å². The van der Waals surface area contributed by atoms with Gasteiger partial charge in [0, 0.05) is 32.7 Å². The van der Waals surface area contributed by atoms with Crippen LogP contribution < -0.4 is 0 Å². The van der Waals surface area contributed by atoms with Crippen molar-refractivity contribution in [2.24, 2.45) is 11.8 Å². The van der Waals surface area contributed by atoms with Gasteiger partial charge in [-0.05, 0) is 36.5 Å². The minimum absolute atomic E-state index is 0.127. The van der Waals surface area contributed by atoms with Crippen molar-refractivity contribution in [2.75, 3.05) is 31.9 Å². The van der Waals surface area contributed by atoms with Gasteiger partial charge in [-0.3, -0.25) is 4.90 Å². The molecule has 0 radical (unpaired) electrons. The summed E-state index contributed by atoms with van der Waals surface area (Å²) in [5.74, 6) is 0.767. The van der Waals surface area contributed by atoms with Crippen molar-refractivity contribution in [3.8, 4) is 0 Å². The molecular weight excluding hydrogens is 341 g/mol. The van der Waals surface area contributed by atoms with Crippen LogP contribution in [0.4, 0.5) is 13.2 Å². The monoisotopic (exact) mass is 362 g/mol. The van der Waals surface area contributed by atoms with Gasteiger partial charge in [-0.2, -0.15) is 13.2 Å². The summed E-state index contributed by atoms with van der Waals surface area (Å²) in [4.78, 5) is 2.20. The molecule has 0 amide bonds. The Hall–Kier alpha value is -1.12. The van der Waals surface area contributed by atoms with Gasteiger partial charge >= 0.3 is 6.18 Å². The molecule has 2 aliphatic rings. The molecule has 0 N–H and O–H groups in total. The Balaban J connectivity index is 1.57. The molecule has 0 aromatic heterocycles. The molecule has 134 valence electrons. The first-order valence-corrected chi connectivity index (χ1v) is 9.66. The lowest BCUT2D eigenvalue weighted by molar-refractivity contribution is -0.137. The predicted octanol–water partition coefficient (Wildman–Crippen LogP) is 2.42. The highest BCUT2D eigenvalue weighted by molar-refractivity contribution is 7.89. The van der Waals surface area contributed by atoms with Crippen LogP contribution in [0.25, 0.3) is 0 Å². The SMILES string of the molecule is CCS(=O)(=O)N1C[C@H]2CN(Cc3ccc(C(F)(F)F)cc3)C[C@H]2C1. The van der Waals surface area contributed by atoms with Gasteiger partial charge in [0.15, 0.2) is 0 Å². The Labute approximate surface area is 140 Å². The first-order valence-electron chi connectivity index (χ1n) is 8.05. The van der Waals surface area contributed by atoms with Gasteiger partial charge in [-0.15, -0.1) is 0 Å². The third-order valence-electron chi connectivity index (χ3n) is 4.97. The number of hydrogen-bond donors (Lipinski definition) is 0. The van der Waals surface area contributed by atoms with Crippen LogP contribution in [0.15, 0.2) is 24.3 Å². The normalized spacial score (nSPS) is 26.0. The van der Waals surface area contributed by atoms with Crippen LogP contribution in [0.2, 0.25) is 0 Å². The van der Waals surface area contributed by atoms with Crippen molar-refractivity contribution in [3.05, 3.63) is 35.4 Å². The average molecular weight is 362 g/mol. The van der Waals surface area contributed by atoms with Crippen LogP contribution in [0.5, 0.6) is 0 Å². The molecule has 0 spiro atoms. The quantitative estimate of drug-likeness (QED) is 0.826. The summed E-state index contributed by atoms with van der Waals surface area (Å²) in [6.07, 6.45) is -4.31. The van der Waals surface area contributed by atoms with E-state index in [1.54, 1.807) is 11.2 Å². The van der Waals surface area contributed by atoms with Gasteiger partial charge in [0.05, 0.1) is 11.3 Å². The summed E-state index contributed by atoms with van der Waals surface area (Å²) in [7, 11) is -3.13. The number of fused-ring (bicyclic) bond motifs is 1. The maximum absolute atomic E-state index is 12.6. The maximum atomic E-state index is 12.6. The van der Waals surface area contributed by atoms with Crippen molar-refractivity contribution in [3.63, 3.8) is 0 Å². The van der Waals surface area contributed by atoms with Gasteiger partial charge < -0.3 is 0 Å². The van der Waals surface area contributed by atoms with E-state index in [-0.39, 0.29) is 5.75 Å². The predicted molar refractivity (Wildman–Crippen MR) is 84.7 cm³/mol. The molecule has 2 saturated heterocycles. The highest BCUT2D eigenvalue weighted by atomic mass is 32.2. The minimum Gasteiger partial charge on any atom is -0.298 e. The van der Waals surface area contributed by atoms with Crippen molar-refractivity contribution >= 4 is 10.0 Å². The number of alkyl halides is 3. The second-order valence-corrected chi connectivity index (χ2v) is 8.88. The molecule has 24 heavy (non-hydrogen) atoms. The number of sulfonamides is 1. The Bertz CT molecular complexity index is 674. The van der Waals surface area contributed by atoms with E-state index in [1.807, 2.05) is 0 Å². The number of rotatable bonds is 4. The molecule has 2 aliphatic heterocycles. The molecule has 0 aliphatic carbocycles. The molecule has 1 aromatic rings. The zero-order valence-electron chi connectivity index (χ0n) is 13.5. The maximum Gasteiger partial charge on any atom is 0.416 e. The van der Waals surface area contributed by atoms with Crippen molar-refractivity contribution < 1.29 is 21.6 Å². The lowest BCUT2D eigenvalue weighted by Crippen LogP contribution is -2.34. The zero-order valence-corrected chi connectivity index (χ0v) is 14.3. The van der Waals surface area contributed by atoms with E-state index in [2.05, 4.69) is 4.90 Å². The lowest BCUT2D eigenvalue weighted by atomic mass is 10.0. The number of halogens is 3. The van der Waals surface area contributed by atoms with Crippen LogP contribution >= 0.6 is 0 Å². The molecule has 4 nitrogen and oxygen atoms in total. The van der Waals surface area contributed by atoms with Crippen molar-refractivity contribution in [1.29, 1.82) is 0 Å². The highest BCUT2D eigenvalue weighted by Crippen LogP contribution is 2.34. The third kappa shape index (κ3) is 3.60.